The van der Waals surface area contributed by atoms with Gasteiger partial charge in [-0.25, -0.2) is 4.79 Å². The van der Waals surface area contributed by atoms with Gasteiger partial charge in [0.15, 0.2) is 11.9 Å². The van der Waals surface area contributed by atoms with Gasteiger partial charge in [-0.2, -0.15) is 9.78 Å². The first-order valence-corrected chi connectivity index (χ1v) is 6.30. The Bertz CT molecular complexity index is 734. The third-order valence-electron chi connectivity index (χ3n) is 3.30. The van der Waals surface area contributed by atoms with E-state index in [0.29, 0.717) is 5.56 Å². The summed E-state index contributed by atoms with van der Waals surface area (Å²) >= 11 is 0. The Labute approximate surface area is 117 Å². The fourth-order valence-corrected chi connectivity index (χ4v) is 2.22. The molecule has 2 aromatic rings. The molecule has 3 rings (SSSR count). The van der Waals surface area contributed by atoms with Gasteiger partial charge in [-0.3, -0.25) is 9.78 Å². The molecule has 1 aliphatic heterocycles. The minimum Gasteiger partial charge on any atom is -0.472 e. The maximum atomic E-state index is 11.8. The third kappa shape index (κ3) is 2.42. The van der Waals surface area contributed by atoms with Gasteiger partial charge in [-0.1, -0.05) is 0 Å². The first kappa shape index (κ1) is 13.7. The van der Waals surface area contributed by atoms with E-state index in [2.05, 4.69) is 10.1 Å². The van der Waals surface area contributed by atoms with E-state index in [9.17, 15) is 14.7 Å². The summed E-state index contributed by atoms with van der Waals surface area (Å²) in [6, 6.07) is 1.53. The van der Waals surface area contributed by atoms with Crippen molar-refractivity contribution in [1.29, 1.82) is 0 Å². The largest absolute Gasteiger partial charge is 0.472 e. The van der Waals surface area contributed by atoms with Crippen LogP contribution in [0.15, 0.2) is 32.6 Å². The highest BCUT2D eigenvalue weighted by molar-refractivity contribution is 5.54. The van der Waals surface area contributed by atoms with Gasteiger partial charge in [0.2, 0.25) is 0 Å². The molecular weight excluding hydrogens is 282 g/mol. The molecular formula is C12H13N3O6. The quantitative estimate of drug-likeness (QED) is 0.650. The van der Waals surface area contributed by atoms with Gasteiger partial charge in [0.05, 0.1) is 25.2 Å². The average molecular weight is 295 g/mol. The smallest absolute Gasteiger partial charge is 0.347 e. The lowest BCUT2D eigenvalue weighted by Crippen LogP contribution is -2.36. The zero-order valence-corrected chi connectivity index (χ0v) is 10.8. The number of aromatic nitrogens is 3. The standard InChI is InChI=1S/C12H13N3O6/c16-4-8-7(17)3-9(21-8)15-12(19)13-11(18)10(14-15)6-1-2-20-5-6/h1-2,5,7-9,16-17H,3-4H2,(H,13,18,19)/t7-,8+,9+/m0/s1. The summed E-state index contributed by atoms with van der Waals surface area (Å²) in [5.41, 5.74) is -0.964. The van der Waals surface area contributed by atoms with Crippen molar-refractivity contribution in [2.75, 3.05) is 6.61 Å². The second-order valence-electron chi connectivity index (χ2n) is 4.68. The molecule has 0 bridgehead atoms. The van der Waals surface area contributed by atoms with E-state index < -0.39 is 29.7 Å². The number of furan rings is 1. The molecule has 0 radical (unpaired) electrons. The van der Waals surface area contributed by atoms with Gasteiger partial charge in [-0.15, -0.1) is 0 Å². The fraction of sp³-hybridized carbons (Fsp3) is 0.417. The van der Waals surface area contributed by atoms with Crippen LogP contribution in [-0.4, -0.2) is 43.8 Å². The molecule has 21 heavy (non-hydrogen) atoms. The highest BCUT2D eigenvalue weighted by Gasteiger charge is 2.35. The van der Waals surface area contributed by atoms with E-state index in [-0.39, 0.29) is 18.7 Å². The maximum absolute atomic E-state index is 11.8. The molecule has 2 aromatic heterocycles. The number of aliphatic hydroxyl groups excluding tert-OH is 2. The molecule has 1 aliphatic rings. The number of H-pyrrole nitrogens is 1. The van der Waals surface area contributed by atoms with Crippen LogP contribution in [0, 0.1) is 0 Å². The monoisotopic (exact) mass is 295 g/mol. The normalized spacial score (nSPS) is 25.3. The van der Waals surface area contributed by atoms with E-state index in [0.717, 1.165) is 4.68 Å². The zero-order chi connectivity index (χ0) is 15.0. The summed E-state index contributed by atoms with van der Waals surface area (Å²) in [5.74, 6) is 0. The van der Waals surface area contributed by atoms with E-state index in [4.69, 9.17) is 14.3 Å². The Balaban J connectivity index is 2.02. The lowest BCUT2D eigenvalue weighted by molar-refractivity contribution is -0.0505. The number of ether oxygens (including phenoxy) is 1. The van der Waals surface area contributed by atoms with Crippen LogP contribution in [0.1, 0.15) is 12.6 Å². The van der Waals surface area contributed by atoms with Crippen LogP contribution in [0.3, 0.4) is 0 Å². The Kier molecular flexibility index (Phi) is 3.45. The molecule has 3 heterocycles. The molecule has 112 valence electrons. The molecule has 3 atom stereocenters. The van der Waals surface area contributed by atoms with Gasteiger partial charge in [-0.05, 0) is 6.07 Å². The molecule has 1 saturated heterocycles. The molecule has 9 nitrogen and oxygen atoms in total. The highest BCUT2D eigenvalue weighted by Crippen LogP contribution is 2.27. The molecule has 1 fully saturated rings. The Morgan fingerprint density at radius 3 is 2.90 bits per heavy atom. The predicted octanol–water partition coefficient (Wildman–Crippen LogP) is -1.17. The number of hydrogen-bond donors (Lipinski definition) is 3. The summed E-state index contributed by atoms with van der Waals surface area (Å²) in [6.45, 7) is -0.371. The van der Waals surface area contributed by atoms with Crippen LogP contribution >= 0.6 is 0 Å². The minimum absolute atomic E-state index is 0.00823. The lowest BCUT2D eigenvalue weighted by Gasteiger charge is -2.13. The van der Waals surface area contributed by atoms with Crippen molar-refractivity contribution >= 4 is 0 Å². The number of rotatable bonds is 3. The predicted molar refractivity (Wildman–Crippen MR) is 68.4 cm³/mol. The Hall–Kier alpha value is -2.23. The molecule has 0 spiro atoms. The van der Waals surface area contributed by atoms with Gasteiger partial charge in [0.1, 0.15) is 6.10 Å². The number of aliphatic hydroxyl groups is 2. The number of nitrogens with zero attached hydrogens (tertiary/aromatic N) is 2. The molecule has 3 N–H and O–H groups in total. The summed E-state index contributed by atoms with van der Waals surface area (Å²) in [7, 11) is 0. The summed E-state index contributed by atoms with van der Waals surface area (Å²) in [5, 5.41) is 22.7. The maximum Gasteiger partial charge on any atom is 0.347 e. The summed E-state index contributed by atoms with van der Waals surface area (Å²) in [4.78, 5) is 25.8. The van der Waals surface area contributed by atoms with E-state index in [1.54, 1.807) is 0 Å². The van der Waals surface area contributed by atoms with Gasteiger partial charge in [0.25, 0.3) is 5.56 Å². The second kappa shape index (κ2) is 5.28. The number of nitrogens with one attached hydrogen (secondary N) is 1. The Morgan fingerprint density at radius 2 is 2.29 bits per heavy atom. The van der Waals surface area contributed by atoms with Crippen molar-refractivity contribution in [2.24, 2.45) is 0 Å². The number of aromatic amines is 1. The second-order valence-corrected chi connectivity index (χ2v) is 4.68. The van der Waals surface area contributed by atoms with Crippen molar-refractivity contribution in [3.63, 3.8) is 0 Å². The van der Waals surface area contributed by atoms with E-state index in [1.165, 1.54) is 18.6 Å². The molecule has 9 heteroatoms. The van der Waals surface area contributed by atoms with Gasteiger partial charge >= 0.3 is 5.69 Å². The van der Waals surface area contributed by atoms with Crippen molar-refractivity contribution in [2.45, 2.75) is 24.9 Å². The van der Waals surface area contributed by atoms with E-state index >= 15 is 0 Å². The molecule has 0 aliphatic carbocycles. The van der Waals surface area contributed by atoms with Crippen molar-refractivity contribution in [3.05, 3.63) is 39.4 Å². The molecule has 0 amide bonds. The lowest BCUT2D eigenvalue weighted by atomic mass is 10.2. The summed E-state index contributed by atoms with van der Waals surface area (Å²) < 4.78 is 11.2. The van der Waals surface area contributed by atoms with Crippen LogP contribution in [0.4, 0.5) is 0 Å². The van der Waals surface area contributed by atoms with Crippen LogP contribution in [0.2, 0.25) is 0 Å². The first-order valence-electron chi connectivity index (χ1n) is 6.30. The third-order valence-corrected chi connectivity index (χ3v) is 3.30. The average Bonchev–Trinajstić information content (AvgIpc) is 3.08. The van der Waals surface area contributed by atoms with Crippen molar-refractivity contribution in [3.8, 4) is 11.3 Å². The van der Waals surface area contributed by atoms with Gasteiger partial charge < -0.3 is 19.4 Å². The van der Waals surface area contributed by atoms with Crippen molar-refractivity contribution < 1.29 is 19.4 Å². The van der Waals surface area contributed by atoms with Crippen LogP contribution in [0.5, 0.6) is 0 Å². The van der Waals surface area contributed by atoms with Crippen LogP contribution in [-0.2, 0) is 4.74 Å². The highest BCUT2D eigenvalue weighted by atomic mass is 16.5. The van der Waals surface area contributed by atoms with Gasteiger partial charge in [0, 0.05) is 12.0 Å². The molecule has 0 saturated carbocycles. The van der Waals surface area contributed by atoms with Crippen LogP contribution in [0.25, 0.3) is 11.3 Å². The number of hydrogen-bond acceptors (Lipinski definition) is 7. The first-order chi connectivity index (χ1) is 10.1. The minimum atomic E-state index is -0.905. The van der Waals surface area contributed by atoms with Crippen molar-refractivity contribution in [1.82, 2.24) is 14.8 Å². The zero-order valence-electron chi connectivity index (χ0n) is 10.8. The Morgan fingerprint density at radius 1 is 1.48 bits per heavy atom. The molecule has 0 unspecified atom stereocenters. The SMILES string of the molecule is O=c1[nH]c(=O)n([C@H]2C[C@H](O)[C@@H](CO)O2)nc1-c1ccoc1. The molecule has 0 aromatic carbocycles. The topological polar surface area (TPSA) is 131 Å². The van der Waals surface area contributed by atoms with Crippen LogP contribution < -0.4 is 11.2 Å². The summed E-state index contributed by atoms with van der Waals surface area (Å²) in [6.07, 6.45) is 0.254. The fourth-order valence-electron chi connectivity index (χ4n) is 2.22. The van der Waals surface area contributed by atoms with E-state index in [1.807, 2.05) is 0 Å².